The van der Waals surface area contributed by atoms with Crippen LogP contribution in [0.3, 0.4) is 0 Å². The molecule has 1 rings (SSSR count). The summed E-state index contributed by atoms with van der Waals surface area (Å²) < 4.78 is 10.7. The van der Waals surface area contributed by atoms with Crippen molar-refractivity contribution in [2.24, 2.45) is 11.8 Å². The molecule has 4 heteroatoms. The van der Waals surface area contributed by atoms with Crippen LogP contribution in [-0.4, -0.2) is 25.2 Å². The summed E-state index contributed by atoms with van der Waals surface area (Å²) in [7, 11) is 0. The summed E-state index contributed by atoms with van der Waals surface area (Å²) in [5.74, 6) is -0.226. The van der Waals surface area contributed by atoms with E-state index in [1.807, 2.05) is 13.8 Å². The van der Waals surface area contributed by atoms with E-state index in [4.69, 9.17) is 9.47 Å². The third kappa shape index (κ3) is 6.36. The summed E-state index contributed by atoms with van der Waals surface area (Å²) in [5.41, 5.74) is 1.13. The van der Waals surface area contributed by atoms with Crippen LogP contribution in [0.4, 0.5) is 0 Å². The molecule has 0 spiro atoms. The van der Waals surface area contributed by atoms with E-state index in [1.165, 1.54) is 0 Å². The Kier molecular flexibility index (Phi) is 8.97. The number of esters is 2. The predicted octanol–water partition coefficient (Wildman–Crippen LogP) is 4.43. The second-order valence-corrected chi connectivity index (χ2v) is 6.74. The zero-order chi connectivity index (χ0) is 17.2. The molecule has 0 unspecified atom stereocenters. The van der Waals surface area contributed by atoms with Gasteiger partial charge in [0.15, 0.2) is 0 Å². The fourth-order valence-corrected chi connectivity index (χ4v) is 3.02. The Labute approximate surface area is 140 Å². The predicted molar refractivity (Wildman–Crippen MR) is 90.9 cm³/mol. The van der Waals surface area contributed by atoms with Crippen LogP contribution >= 0.6 is 0 Å². The highest BCUT2D eigenvalue weighted by Gasteiger charge is 2.32. The molecule has 0 heterocycles. The molecule has 0 aliphatic heterocycles. The van der Waals surface area contributed by atoms with Gasteiger partial charge in [0.25, 0.3) is 0 Å². The fraction of sp³-hybridized carbons (Fsp3) is 0.789. The number of hydrogen-bond donors (Lipinski definition) is 0. The minimum Gasteiger partial charge on any atom is -0.462 e. The highest BCUT2D eigenvalue weighted by atomic mass is 16.5. The van der Waals surface area contributed by atoms with Gasteiger partial charge in [-0.05, 0) is 43.9 Å². The van der Waals surface area contributed by atoms with Crippen molar-refractivity contribution in [3.05, 3.63) is 11.1 Å². The van der Waals surface area contributed by atoms with Crippen LogP contribution in [0.15, 0.2) is 11.1 Å². The highest BCUT2D eigenvalue weighted by molar-refractivity contribution is 6.00. The van der Waals surface area contributed by atoms with E-state index in [0.717, 1.165) is 38.5 Å². The van der Waals surface area contributed by atoms with Crippen molar-refractivity contribution >= 4 is 11.9 Å². The Morgan fingerprint density at radius 3 is 1.96 bits per heavy atom. The molecule has 0 amide bonds. The summed E-state index contributed by atoms with van der Waals surface area (Å²) in [6.07, 6.45) is 6.25. The first kappa shape index (κ1) is 19.7. The van der Waals surface area contributed by atoms with Gasteiger partial charge in [0.2, 0.25) is 0 Å². The van der Waals surface area contributed by atoms with E-state index in [9.17, 15) is 9.59 Å². The van der Waals surface area contributed by atoms with Gasteiger partial charge in [-0.25, -0.2) is 9.59 Å². The number of carbonyl (C=O) groups is 2. The average molecular weight is 324 g/mol. The van der Waals surface area contributed by atoms with Crippen molar-refractivity contribution in [3.63, 3.8) is 0 Å². The second-order valence-electron chi connectivity index (χ2n) is 6.74. The quantitative estimate of drug-likeness (QED) is 0.465. The minimum atomic E-state index is -0.337. The number of carbonyl (C=O) groups excluding carboxylic acids is 2. The largest absolute Gasteiger partial charge is 0.462 e. The lowest BCUT2D eigenvalue weighted by molar-refractivity contribution is -0.143. The lowest BCUT2D eigenvalue weighted by Crippen LogP contribution is -2.22. The third-order valence-electron chi connectivity index (χ3n) is 4.04. The number of rotatable bonds is 9. The molecule has 1 saturated carbocycles. The first-order valence-electron chi connectivity index (χ1n) is 9.08. The highest BCUT2D eigenvalue weighted by Crippen LogP contribution is 2.35. The van der Waals surface area contributed by atoms with Crippen molar-refractivity contribution < 1.29 is 19.1 Å². The van der Waals surface area contributed by atoms with Crippen LogP contribution < -0.4 is 0 Å². The molecule has 0 aromatic heterocycles. The van der Waals surface area contributed by atoms with Crippen molar-refractivity contribution in [1.29, 1.82) is 0 Å². The molecule has 0 aromatic carbocycles. The normalized spacial score (nSPS) is 16.4. The van der Waals surface area contributed by atoms with Gasteiger partial charge < -0.3 is 9.47 Å². The maximum atomic E-state index is 12.6. The third-order valence-corrected chi connectivity index (χ3v) is 4.04. The van der Waals surface area contributed by atoms with Crippen LogP contribution in [-0.2, 0) is 19.1 Å². The van der Waals surface area contributed by atoms with Gasteiger partial charge in [0.1, 0.15) is 0 Å². The SMILES string of the molecule is CCCOC(=O)C(CC(C)C)=C(C(=O)OCCC)C1CCCC1. The Hall–Kier alpha value is -1.32. The Morgan fingerprint density at radius 2 is 1.48 bits per heavy atom. The summed E-state index contributed by atoms with van der Waals surface area (Å²) in [6.45, 7) is 8.83. The standard InChI is InChI=1S/C19H32O4/c1-5-11-22-18(20)16(13-14(3)4)17(15-9-7-8-10-15)19(21)23-12-6-2/h14-15H,5-13H2,1-4H3. The van der Waals surface area contributed by atoms with E-state index >= 15 is 0 Å². The molecule has 132 valence electrons. The maximum absolute atomic E-state index is 12.6. The molecule has 23 heavy (non-hydrogen) atoms. The molecule has 1 fully saturated rings. The van der Waals surface area contributed by atoms with Crippen molar-refractivity contribution in [1.82, 2.24) is 0 Å². The molecule has 0 atom stereocenters. The number of hydrogen-bond acceptors (Lipinski definition) is 4. The van der Waals surface area contributed by atoms with Gasteiger partial charge >= 0.3 is 11.9 Å². The molecule has 1 aliphatic rings. The van der Waals surface area contributed by atoms with Crippen LogP contribution in [0, 0.1) is 11.8 Å². The lowest BCUT2D eigenvalue weighted by atomic mass is 9.88. The fourth-order valence-electron chi connectivity index (χ4n) is 3.02. The van der Waals surface area contributed by atoms with Gasteiger partial charge in [0, 0.05) is 5.57 Å². The maximum Gasteiger partial charge on any atom is 0.334 e. The average Bonchev–Trinajstić information content (AvgIpc) is 3.03. The van der Waals surface area contributed by atoms with Crippen LogP contribution in [0.1, 0.15) is 72.6 Å². The number of ether oxygens (including phenoxy) is 2. The van der Waals surface area contributed by atoms with E-state index in [2.05, 4.69) is 13.8 Å². The Balaban J connectivity index is 3.14. The van der Waals surface area contributed by atoms with Crippen LogP contribution in [0.25, 0.3) is 0 Å². The van der Waals surface area contributed by atoms with E-state index in [1.54, 1.807) is 0 Å². The molecule has 1 aliphatic carbocycles. The lowest BCUT2D eigenvalue weighted by Gasteiger charge is -2.20. The summed E-state index contributed by atoms with van der Waals surface area (Å²) in [5, 5.41) is 0. The first-order valence-corrected chi connectivity index (χ1v) is 9.08. The smallest absolute Gasteiger partial charge is 0.334 e. The Morgan fingerprint density at radius 1 is 0.957 bits per heavy atom. The molecule has 4 nitrogen and oxygen atoms in total. The zero-order valence-corrected chi connectivity index (χ0v) is 15.2. The van der Waals surface area contributed by atoms with Crippen molar-refractivity contribution in [2.75, 3.05) is 13.2 Å². The van der Waals surface area contributed by atoms with Crippen molar-refractivity contribution in [2.45, 2.75) is 72.6 Å². The molecule has 0 bridgehead atoms. The van der Waals surface area contributed by atoms with Crippen LogP contribution in [0.2, 0.25) is 0 Å². The van der Waals surface area contributed by atoms with Gasteiger partial charge in [-0.3, -0.25) is 0 Å². The monoisotopic (exact) mass is 324 g/mol. The zero-order valence-electron chi connectivity index (χ0n) is 15.2. The molecular formula is C19H32O4. The van der Waals surface area contributed by atoms with Crippen molar-refractivity contribution in [3.8, 4) is 0 Å². The topological polar surface area (TPSA) is 52.6 Å². The van der Waals surface area contributed by atoms with Gasteiger partial charge in [-0.2, -0.15) is 0 Å². The van der Waals surface area contributed by atoms with E-state index < -0.39 is 0 Å². The van der Waals surface area contributed by atoms with Gasteiger partial charge in [0.05, 0.1) is 18.8 Å². The summed E-state index contributed by atoms with van der Waals surface area (Å²) >= 11 is 0. The molecule has 0 aromatic rings. The molecule has 0 N–H and O–H groups in total. The molecule has 0 saturated heterocycles. The molecular weight excluding hydrogens is 292 g/mol. The molecule has 0 radical (unpaired) electrons. The van der Waals surface area contributed by atoms with E-state index in [-0.39, 0.29) is 23.8 Å². The Bertz CT molecular complexity index is 417. The second kappa shape index (κ2) is 10.5. The minimum absolute atomic E-state index is 0.141. The summed E-state index contributed by atoms with van der Waals surface area (Å²) in [4.78, 5) is 25.1. The van der Waals surface area contributed by atoms with Gasteiger partial charge in [-0.1, -0.05) is 40.5 Å². The first-order chi connectivity index (χ1) is 11.0. The van der Waals surface area contributed by atoms with Crippen LogP contribution in [0.5, 0.6) is 0 Å². The summed E-state index contributed by atoms with van der Waals surface area (Å²) in [6, 6.07) is 0. The van der Waals surface area contributed by atoms with E-state index in [0.29, 0.717) is 30.8 Å². The van der Waals surface area contributed by atoms with Gasteiger partial charge in [-0.15, -0.1) is 0 Å².